The van der Waals surface area contributed by atoms with Crippen LogP contribution in [0.15, 0.2) is 21.5 Å². The zero-order chi connectivity index (χ0) is 21.2. The molecule has 0 amide bonds. The number of hydrogen-bond acceptors (Lipinski definition) is 5. The van der Waals surface area contributed by atoms with E-state index in [0.29, 0.717) is 18.2 Å². The number of aryl methyl sites for hydroxylation is 1. The highest BCUT2D eigenvalue weighted by atomic mass is 32.1. The van der Waals surface area contributed by atoms with Gasteiger partial charge < -0.3 is 15.5 Å². The van der Waals surface area contributed by atoms with Gasteiger partial charge in [-0.2, -0.15) is 0 Å². The molecule has 160 valence electrons. The molecule has 2 aromatic rings. The van der Waals surface area contributed by atoms with Crippen molar-refractivity contribution in [2.24, 2.45) is 11.7 Å². The Bertz CT molecular complexity index is 1160. The Kier molecular flexibility index (Phi) is 4.65. The van der Waals surface area contributed by atoms with E-state index < -0.39 is 22.8 Å². The second-order valence-corrected chi connectivity index (χ2v) is 9.85. The average Bonchev–Trinajstić information content (AvgIpc) is 3.47. The van der Waals surface area contributed by atoms with Gasteiger partial charge in [0.05, 0.1) is 16.7 Å². The first-order valence-electron chi connectivity index (χ1n) is 10.5. The number of fused-ring (bicyclic) bond motifs is 2. The van der Waals surface area contributed by atoms with Gasteiger partial charge in [0.2, 0.25) is 0 Å². The number of H-pyrrole nitrogens is 2. The van der Waals surface area contributed by atoms with Gasteiger partial charge in [0.25, 0.3) is 5.56 Å². The molecule has 3 aliphatic carbocycles. The fourth-order valence-corrected chi connectivity index (χ4v) is 7.18. The second-order valence-electron chi connectivity index (χ2n) is 8.71. The molecule has 1 saturated carbocycles. The lowest BCUT2D eigenvalue weighted by Crippen LogP contribution is -2.44. The van der Waals surface area contributed by atoms with Crippen molar-refractivity contribution in [1.82, 2.24) is 9.97 Å². The third-order valence-electron chi connectivity index (χ3n) is 7.10. The van der Waals surface area contributed by atoms with Crippen molar-refractivity contribution in [1.29, 1.82) is 0 Å². The van der Waals surface area contributed by atoms with Gasteiger partial charge in [-0.25, -0.2) is 9.18 Å². The Morgan fingerprint density at radius 1 is 1.30 bits per heavy atom. The normalized spacial score (nSPS) is 28.4. The van der Waals surface area contributed by atoms with E-state index in [1.165, 1.54) is 17.6 Å². The van der Waals surface area contributed by atoms with Gasteiger partial charge in [0.15, 0.2) is 0 Å². The summed E-state index contributed by atoms with van der Waals surface area (Å²) in [6.45, 7) is 2.21. The SMILES string of the molecule is COC1c2[nH]c(=O)[nH]c(=O)c2C(C)=C(F)C1(c1cc2c(s1)CCCC2CN)C1CC1. The number of hydrogen-bond donors (Lipinski definition) is 3. The lowest BCUT2D eigenvalue weighted by molar-refractivity contribution is 0.0208. The van der Waals surface area contributed by atoms with Crippen LogP contribution in [-0.2, 0) is 16.6 Å². The van der Waals surface area contributed by atoms with E-state index in [2.05, 4.69) is 16.0 Å². The quantitative estimate of drug-likeness (QED) is 0.692. The van der Waals surface area contributed by atoms with E-state index in [1.807, 2.05) is 0 Å². The smallest absolute Gasteiger partial charge is 0.326 e. The molecule has 4 N–H and O–H groups in total. The van der Waals surface area contributed by atoms with Crippen molar-refractivity contribution < 1.29 is 9.13 Å². The molecule has 30 heavy (non-hydrogen) atoms. The van der Waals surface area contributed by atoms with Gasteiger partial charge in [-0.3, -0.25) is 9.78 Å². The minimum absolute atomic E-state index is 0.0600. The molecule has 0 saturated heterocycles. The number of methoxy groups -OCH3 is 1. The minimum Gasteiger partial charge on any atom is -0.374 e. The largest absolute Gasteiger partial charge is 0.374 e. The van der Waals surface area contributed by atoms with Crippen LogP contribution in [0.2, 0.25) is 0 Å². The predicted octanol–water partition coefficient (Wildman–Crippen LogP) is 3.25. The summed E-state index contributed by atoms with van der Waals surface area (Å²) in [7, 11) is 1.52. The molecule has 0 aromatic carbocycles. The minimum atomic E-state index is -1.02. The van der Waals surface area contributed by atoms with Crippen LogP contribution in [0.5, 0.6) is 0 Å². The summed E-state index contributed by atoms with van der Waals surface area (Å²) in [6, 6.07) is 2.13. The van der Waals surface area contributed by atoms with Crippen LogP contribution in [0.4, 0.5) is 4.39 Å². The first kappa shape index (κ1) is 19.9. The number of ether oxygens (including phenoxy) is 1. The molecule has 3 atom stereocenters. The van der Waals surface area contributed by atoms with Crippen LogP contribution in [-0.4, -0.2) is 23.6 Å². The molecule has 8 heteroatoms. The Labute approximate surface area is 177 Å². The molecule has 2 heterocycles. The lowest BCUT2D eigenvalue weighted by Gasteiger charge is -2.42. The molecule has 2 aromatic heterocycles. The van der Waals surface area contributed by atoms with Gasteiger partial charge >= 0.3 is 5.69 Å². The lowest BCUT2D eigenvalue weighted by atomic mass is 9.67. The molecule has 0 spiro atoms. The summed E-state index contributed by atoms with van der Waals surface area (Å²) in [5.74, 6) is 0.0391. The van der Waals surface area contributed by atoms with Gasteiger partial charge in [-0.05, 0) is 74.6 Å². The van der Waals surface area contributed by atoms with Crippen molar-refractivity contribution in [3.8, 4) is 0 Å². The topological polar surface area (TPSA) is 101 Å². The maximum absolute atomic E-state index is 16.3. The zero-order valence-corrected chi connectivity index (χ0v) is 18.0. The summed E-state index contributed by atoms with van der Waals surface area (Å²) in [5, 5.41) is 0. The Hall–Kier alpha value is -2.03. The third-order valence-corrected chi connectivity index (χ3v) is 8.46. The van der Waals surface area contributed by atoms with Crippen molar-refractivity contribution in [3.05, 3.63) is 59.3 Å². The van der Waals surface area contributed by atoms with Crippen LogP contribution in [0.1, 0.15) is 71.2 Å². The summed E-state index contributed by atoms with van der Waals surface area (Å²) in [4.78, 5) is 31.8. The molecule has 0 radical (unpaired) electrons. The fourth-order valence-electron chi connectivity index (χ4n) is 5.61. The molecule has 0 bridgehead atoms. The number of nitrogens with one attached hydrogen (secondary N) is 2. The Morgan fingerprint density at radius 3 is 2.73 bits per heavy atom. The number of nitrogens with two attached hydrogens (primary N) is 1. The van der Waals surface area contributed by atoms with Gasteiger partial charge in [-0.1, -0.05) is 0 Å². The predicted molar refractivity (Wildman–Crippen MR) is 115 cm³/mol. The number of allylic oxidation sites excluding steroid dienone is 1. The van der Waals surface area contributed by atoms with E-state index in [-0.39, 0.29) is 22.9 Å². The number of aromatic amines is 2. The van der Waals surface area contributed by atoms with E-state index in [4.69, 9.17) is 10.5 Å². The Balaban J connectivity index is 1.80. The van der Waals surface area contributed by atoms with Gasteiger partial charge in [0.1, 0.15) is 11.9 Å². The van der Waals surface area contributed by atoms with Crippen LogP contribution in [0.3, 0.4) is 0 Å². The molecule has 3 unspecified atom stereocenters. The monoisotopic (exact) mass is 431 g/mol. The van der Waals surface area contributed by atoms with Gasteiger partial charge in [-0.15, -0.1) is 11.3 Å². The highest BCUT2D eigenvalue weighted by Crippen LogP contribution is 2.64. The van der Waals surface area contributed by atoms with Crippen LogP contribution in [0.25, 0.3) is 5.57 Å². The highest BCUT2D eigenvalue weighted by Gasteiger charge is 2.60. The average molecular weight is 432 g/mol. The maximum atomic E-state index is 16.3. The molecule has 5 rings (SSSR count). The molecular weight excluding hydrogens is 405 g/mol. The number of halogens is 1. The number of rotatable bonds is 4. The van der Waals surface area contributed by atoms with Gasteiger partial charge in [0, 0.05) is 16.9 Å². The van der Waals surface area contributed by atoms with E-state index in [1.54, 1.807) is 18.3 Å². The summed E-state index contributed by atoms with van der Waals surface area (Å²) < 4.78 is 22.2. The third kappa shape index (κ3) is 2.60. The van der Waals surface area contributed by atoms with E-state index >= 15 is 4.39 Å². The van der Waals surface area contributed by atoms with Crippen molar-refractivity contribution >= 4 is 16.9 Å². The van der Waals surface area contributed by atoms with E-state index in [9.17, 15) is 9.59 Å². The molecule has 6 nitrogen and oxygen atoms in total. The molecular formula is C22H26FN3O3S. The molecule has 3 aliphatic rings. The first-order chi connectivity index (χ1) is 14.4. The first-order valence-corrected chi connectivity index (χ1v) is 11.3. The summed E-state index contributed by atoms with van der Waals surface area (Å²) in [6.07, 6.45) is 4.11. The second kappa shape index (κ2) is 7.00. The molecule has 0 aliphatic heterocycles. The van der Waals surface area contributed by atoms with E-state index in [0.717, 1.165) is 37.0 Å². The van der Waals surface area contributed by atoms with Crippen molar-refractivity contribution in [3.63, 3.8) is 0 Å². The number of thiophene rings is 1. The van der Waals surface area contributed by atoms with Crippen molar-refractivity contribution in [2.45, 2.75) is 56.5 Å². The van der Waals surface area contributed by atoms with Crippen LogP contribution >= 0.6 is 11.3 Å². The van der Waals surface area contributed by atoms with Crippen LogP contribution in [0, 0.1) is 5.92 Å². The summed E-state index contributed by atoms with van der Waals surface area (Å²) >= 11 is 1.65. The van der Waals surface area contributed by atoms with Crippen LogP contribution < -0.4 is 17.0 Å². The Morgan fingerprint density at radius 2 is 2.07 bits per heavy atom. The molecule has 1 fully saturated rings. The van der Waals surface area contributed by atoms with Crippen molar-refractivity contribution in [2.75, 3.05) is 13.7 Å². The number of aromatic nitrogens is 2. The summed E-state index contributed by atoms with van der Waals surface area (Å²) in [5.41, 5.74) is 5.88. The standard InChI is InChI=1S/C22H26FN3O3S/c1-10-16-17(25-21(28)26-20(16)27)19(29-2)22(18(10)23,12-6-7-12)15-8-13-11(9-24)4-3-5-14(13)30-15/h8,11-12,19H,3-7,9,24H2,1-2H3,(H2,25,26,27,28). The highest BCUT2D eigenvalue weighted by molar-refractivity contribution is 7.12. The maximum Gasteiger partial charge on any atom is 0.326 e. The fraction of sp³-hybridized carbons (Fsp3) is 0.545. The zero-order valence-electron chi connectivity index (χ0n) is 17.1.